The fourth-order valence-electron chi connectivity index (χ4n) is 0.834. The number of hydrogen-bond acceptors (Lipinski definition) is 5. The summed E-state index contributed by atoms with van der Waals surface area (Å²) in [5.74, 6) is -1.04. The van der Waals surface area contributed by atoms with E-state index >= 15 is 0 Å². The first-order chi connectivity index (χ1) is 6.85. The first-order valence-electron chi connectivity index (χ1n) is 4.06. The Morgan fingerprint density at radius 3 is 2.27 bits per heavy atom. The van der Waals surface area contributed by atoms with E-state index in [0.717, 1.165) is 12.4 Å². The predicted molar refractivity (Wildman–Crippen MR) is 49.3 cm³/mol. The SMILES string of the molecule is CC(C)(C(=O)O)c1ncc([N+](=O)[O-])cn1. The summed E-state index contributed by atoms with van der Waals surface area (Å²) >= 11 is 0. The van der Waals surface area contributed by atoms with Gasteiger partial charge in [0.15, 0.2) is 0 Å². The maximum absolute atomic E-state index is 10.8. The molecular formula is C8H9N3O4. The highest BCUT2D eigenvalue weighted by atomic mass is 16.6. The quantitative estimate of drug-likeness (QED) is 0.583. The summed E-state index contributed by atoms with van der Waals surface area (Å²) in [7, 11) is 0. The highest BCUT2D eigenvalue weighted by Crippen LogP contribution is 2.20. The van der Waals surface area contributed by atoms with Crippen LogP contribution in [0.3, 0.4) is 0 Å². The number of rotatable bonds is 3. The zero-order valence-corrected chi connectivity index (χ0v) is 8.17. The van der Waals surface area contributed by atoms with Gasteiger partial charge in [-0.1, -0.05) is 0 Å². The molecule has 0 unspecified atom stereocenters. The third-order valence-corrected chi connectivity index (χ3v) is 1.94. The molecule has 0 saturated heterocycles. The molecule has 80 valence electrons. The number of carboxylic acid groups (broad SMARTS) is 1. The van der Waals surface area contributed by atoms with Gasteiger partial charge in [0.05, 0.1) is 4.92 Å². The Kier molecular flexibility index (Phi) is 2.65. The van der Waals surface area contributed by atoms with Crippen LogP contribution in [0.2, 0.25) is 0 Å². The maximum Gasteiger partial charge on any atom is 0.316 e. The van der Waals surface area contributed by atoms with E-state index in [0.29, 0.717) is 0 Å². The van der Waals surface area contributed by atoms with Gasteiger partial charge in [0.2, 0.25) is 0 Å². The van der Waals surface area contributed by atoms with Crippen molar-refractivity contribution in [3.8, 4) is 0 Å². The highest BCUT2D eigenvalue weighted by molar-refractivity contribution is 5.78. The Hall–Kier alpha value is -2.05. The Bertz CT molecular complexity index is 399. The lowest BCUT2D eigenvalue weighted by atomic mass is 9.93. The third-order valence-electron chi connectivity index (χ3n) is 1.94. The molecule has 1 heterocycles. The van der Waals surface area contributed by atoms with Crippen molar-refractivity contribution in [1.82, 2.24) is 9.97 Å². The molecule has 0 aliphatic carbocycles. The molecule has 0 amide bonds. The largest absolute Gasteiger partial charge is 0.481 e. The van der Waals surface area contributed by atoms with Gasteiger partial charge in [-0.2, -0.15) is 0 Å². The van der Waals surface area contributed by atoms with Crippen molar-refractivity contribution in [2.45, 2.75) is 19.3 Å². The van der Waals surface area contributed by atoms with E-state index in [4.69, 9.17) is 5.11 Å². The summed E-state index contributed by atoms with van der Waals surface area (Å²) in [6.45, 7) is 2.85. The van der Waals surface area contributed by atoms with Crippen molar-refractivity contribution >= 4 is 11.7 Å². The Labute approximate surface area is 84.9 Å². The van der Waals surface area contributed by atoms with Gasteiger partial charge >= 0.3 is 11.7 Å². The van der Waals surface area contributed by atoms with Crippen LogP contribution < -0.4 is 0 Å². The van der Waals surface area contributed by atoms with E-state index in [1.54, 1.807) is 0 Å². The molecule has 1 rings (SSSR count). The summed E-state index contributed by atoms with van der Waals surface area (Å²) in [6.07, 6.45) is 1.99. The second-order valence-electron chi connectivity index (χ2n) is 3.45. The van der Waals surface area contributed by atoms with Crippen molar-refractivity contribution in [3.05, 3.63) is 28.3 Å². The van der Waals surface area contributed by atoms with E-state index in [1.807, 2.05) is 0 Å². The second-order valence-corrected chi connectivity index (χ2v) is 3.45. The topological polar surface area (TPSA) is 106 Å². The summed E-state index contributed by atoms with van der Waals surface area (Å²) in [4.78, 5) is 27.8. The van der Waals surface area contributed by atoms with Crippen molar-refractivity contribution in [2.24, 2.45) is 0 Å². The molecule has 1 N–H and O–H groups in total. The van der Waals surface area contributed by atoms with Gasteiger partial charge in [0.1, 0.15) is 23.6 Å². The zero-order chi connectivity index (χ0) is 11.6. The van der Waals surface area contributed by atoms with Gasteiger partial charge in [-0.15, -0.1) is 0 Å². The van der Waals surface area contributed by atoms with Crippen LogP contribution in [0, 0.1) is 10.1 Å². The Morgan fingerprint density at radius 2 is 1.93 bits per heavy atom. The summed E-state index contributed by atoms with van der Waals surface area (Å²) in [5.41, 5.74) is -1.52. The number of aromatic nitrogens is 2. The molecule has 1 aromatic rings. The molecule has 7 nitrogen and oxygen atoms in total. The lowest BCUT2D eigenvalue weighted by molar-refractivity contribution is -0.385. The minimum atomic E-state index is -1.25. The van der Waals surface area contributed by atoms with Crippen LogP contribution in [0.5, 0.6) is 0 Å². The highest BCUT2D eigenvalue weighted by Gasteiger charge is 2.32. The van der Waals surface area contributed by atoms with E-state index in [2.05, 4.69) is 9.97 Å². The normalized spacial score (nSPS) is 11.1. The lowest BCUT2D eigenvalue weighted by Gasteiger charge is -2.16. The minimum Gasteiger partial charge on any atom is -0.481 e. The first-order valence-corrected chi connectivity index (χ1v) is 4.06. The predicted octanol–water partition coefficient (Wildman–Crippen LogP) is 0.747. The van der Waals surface area contributed by atoms with Crippen LogP contribution in [0.1, 0.15) is 19.7 Å². The number of nitrogens with zero attached hydrogens (tertiary/aromatic N) is 3. The smallest absolute Gasteiger partial charge is 0.316 e. The summed E-state index contributed by atoms with van der Waals surface area (Å²) in [5, 5.41) is 19.2. The molecule has 0 aliphatic rings. The number of aliphatic carboxylic acids is 1. The molecule has 0 atom stereocenters. The van der Waals surface area contributed by atoms with Crippen molar-refractivity contribution in [2.75, 3.05) is 0 Å². The molecule has 0 fully saturated rings. The average Bonchev–Trinajstić information content (AvgIpc) is 2.17. The van der Waals surface area contributed by atoms with E-state index < -0.39 is 16.3 Å². The van der Waals surface area contributed by atoms with E-state index in [1.165, 1.54) is 13.8 Å². The minimum absolute atomic E-state index is 0.0422. The molecule has 0 radical (unpaired) electrons. The van der Waals surface area contributed by atoms with Crippen LogP contribution in [-0.2, 0) is 10.2 Å². The number of carboxylic acids is 1. The van der Waals surface area contributed by atoms with Gasteiger partial charge in [-0.05, 0) is 13.8 Å². The fraction of sp³-hybridized carbons (Fsp3) is 0.375. The van der Waals surface area contributed by atoms with Crippen LogP contribution in [0.4, 0.5) is 5.69 Å². The number of nitro groups is 1. The van der Waals surface area contributed by atoms with Crippen molar-refractivity contribution in [1.29, 1.82) is 0 Å². The Morgan fingerprint density at radius 1 is 1.47 bits per heavy atom. The van der Waals surface area contributed by atoms with Crippen LogP contribution in [0.15, 0.2) is 12.4 Å². The summed E-state index contributed by atoms with van der Waals surface area (Å²) in [6, 6.07) is 0. The number of carbonyl (C=O) groups is 1. The third kappa shape index (κ3) is 2.06. The summed E-state index contributed by atoms with van der Waals surface area (Å²) < 4.78 is 0. The van der Waals surface area contributed by atoms with Crippen molar-refractivity contribution < 1.29 is 14.8 Å². The van der Waals surface area contributed by atoms with Crippen LogP contribution >= 0.6 is 0 Å². The maximum atomic E-state index is 10.8. The van der Waals surface area contributed by atoms with Gasteiger partial charge in [0, 0.05) is 0 Å². The molecule has 7 heteroatoms. The molecular weight excluding hydrogens is 202 g/mol. The van der Waals surface area contributed by atoms with E-state index in [-0.39, 0.29) is 11.5 Å². The van der Waals surface area contributed by atoms with Crippen molar-refractivity contribution in [3.63, 3.8) is 0 Å². The molecule has 0 saturated carbocycles. The monoisotopic (exact) mass is 211 g/mol. The second kappa shape index (κ2) is 3.60. The molecule has 0 aromatic carbocycles. The molecule has 0 spiro atoms. The molecule has 15 heavy (non-hydrogen) atoms. The molecule has 1 aromatic heterocycles. The molecule has 0 aliphatic heterocycles. The van der Waals surface area contributed by atoms with Crippen LogP contribution in [0.25, 0.3) is 0 Å². The van der Waals surface area contributed by atoms with Gasteiger partial charge in [0.25, 0.3) is 0 Å². The van der Waals surface area contributed by atoms with E-state index in [9.17, 15) is 14.9 Å². The van der Waals surface area contributed by atoms with Gasteiger partial charge < -0.3 is 5.11 Å². The first kappa shape index (κ1) is 11.0. The zero-order valence-electron chi connectivity index (χ0n) is 8.17. The number of hydrogen-bond donors (Lipinski definition) is 1. The Balaban J connectivity index is 3.09. The lowest BCUT2D eigenvalue weighted by Crippen LogP contribution is -2.30. The molecule has 0 bridgehead atoms. The average molecular weight is 211 g/mol. The van der Waals surface area contributed by atoms with Gasteiger partial charge in [-0.3, -0.25) is 14.9 Å². The van der Waals surface area contributed by atoms with Gasteiger partial charge in [-0.25, -0.2) is 9.97 Å². The standard InChI is InChI=1S/C8H9N3O4/c1-8(2,7(12)13)6-9-3-5(4-10-6)11(14)15/h3-4H,1-2H3,(H,12,13). The fourth-order valence-corrected chi connectivity index (χ4v) is 0.834. The van der Waals surface area contributed by atoms with Crippen LogP contribution in [-0.4, -0.2) is 26.0 Å².